The molecule has 1 amide bonds. The highest BCUT2D eigenvalue weighted by atomic mass is 16.5. The maximum atomic E-state index is 13.2. The third kappa shape index (κ3) is 3.90. The number of hydrogen-bond donors (Lipinski definition) is 0. The van der Waals surface area contributed by atoms with Crippen LogP contribution >= 0.6 is 0 Å². The molecule has 6 heteroatoms. The number of likely N-dealkylation sites (tertiary alicyclic amines) is 1. The zero-order chi connectivity index (χ0) is 17.8. The van der Waals surface area contributed by atoms with Gasteiger partial charge in [-0.3, -0.25) is 9.69 Å². The van der Waals surface area contributed by atoms with Crippen LogP contribution in [0.15, 0.2) is 34.9 Å². The molecule has 0 N–H and O–H groups in total. The number of hydrogen-bond acceptors (Lipinski definition) is 5. The lowest BCUT2D eigenvalue weighted by Crippen LogP contribution is -2.45. The van der Waals surface area contributed by atoms with E-state index >= 15 is 0 Å². The smallest absolute Gasteiger partial charge is 0.244 e. The summed E-state index contributed by atoms with van der Waals surface area (Å²) in [5.74, 6) is 1.83. The van der Waals surface area contributed by atoms with Gasteiger partial charge in [0.05, 0.1) is 0 Å². The van der Waals surface area contributed by atoms with Crippen molar-refractivity contribution in [1.82, 2.24) is 19.9 Å². The molecule has 1 fully saturated rings. The van der Waals surface area contributed by atoms with E-state index in [-0.39, 0.29) is 17.9 Å². The Morgan fingerprint density at radius 3 is 2.56 bits per heavy atom. The highest BCUT2D eigenvalue weighted by Gasteiger charge is 2.32. The lowest BCUT2D eigenvalue weighted by molar-refractivity contribution is -0.137. The largest absolute Gasteiger partial charge is 0.341 e. The molecule has 1 aliphatic rings. The van der Waals surface area contributed by atoms with Crippen LogP contribution in [-0.2, 0) is 4.79 Å². The normalized spacial score (nSPS) is 17.0. The number of piperidine rings is 1. The highest BCUT2D eigenvalue weighted by molar-refractivity contribution is 5.83. The summed E-state index contributed by atoms with van der Waals surface area (Å²) < 4.78 is 5.09. The summed E-state index contributed by atoms with van der Waals surface area (Å²) in [5, 5.41) is 4.04. The molecule has 2 heterocycles. The molecule has 134 valence electrons. The number of aryl methyl sites for hydroxylation is 1. The number of amides is 1. The Morgan fingerprint density at radius 1 is 1.32 bits per heavy atom. The highest BCUT2D eigenvalue weighted by Crippen LogP contribution is 2.29. The molecule has 0 bridgehead atoms. The fraction of sp³-hybridized carbons (Fsp3) is 0.526. The molecule has 25 heavy (non-hydrogen) atoms. The van der Waals surface area contributed by atoms with Gasteiger partial charge in [0, 0.05) is 25.9 Å². The van der Waals surface area contributed by atoms with Crippen LogP contribution in [0.1, 0.15) is 49.0 Å². The van der Waals surface area contributed by atoms with Crippen molar-refractivity contribution in [2.45, 2.75) is 38.6 Å². The first-order valence-electron chi connectivity index (χ1n) is 8.94. The van der Waals surface area contributed by atoms with E-state index in [4.69, 9.17) is 4.52 Å². The number of carbonyl (C=O) groups excluding carboxylic acids is 1. The van der Waals surface area contributed by atoms with Crippen LogP contribution in [0.3, 0.4) is 0 Å². The summed E-state index contributed by atoms with van der Waals surface area (Å²) in [4.78, 5) is 21.6. The summed E-state index contributed by atoms with van der Waals surface area (Å²) in [7, 11) is 2.00. The van der Waals surface area contributed by atoms with Gasteiger partial charge in [0.15, 0.2) is 5.82 Å². The van der Waals surface area contributed by atoms with Crippen LogP contribution < -0.4 is 0 Å². The molecule has 1 aromatic carbocycles. The third-order valence-corrected chi connectivity index (χ3v) is 5.00. The number of nitrogens with zero attached hydrogens (tertiary/aromatic N) is 4. The average molecular weight is 342 g/mol. The van der Waals surface area contributed by atoms with Crippen molar-refractivity contribution in [1.29, 1.82) is 0 Å². The number of carbonyl (C=O) groups is 1. The number of aromatic nitrogens is 2. The van der Waals surface area contributed by atoms with Crippen molar-refractivity contribution in [3.63, 3.8) is 0 Å². The van der Waals surface area contributed by atoms with Gasteiger partial charge < -0.3 is 9.42 Å². The van der Waals surface area contributed by atoms with E-state index in [9.17, 15) is 4.79 Å². The number of benzene rings is 1. The molecule has 3 rings (SSSR count). The van der Waals surface area contributed by atoms with Gasteiger partial charge in [0.25, 0.3) is 0 Å². The van der Waals surface area contributed by atoms with E-state index in [2.05, 4.69) is 22.0 Å². The Labute approximate surface area is 148 Å². The molecule has 1 atom stereocenters. The second-order valence-corrected chi connectivity index (χ2v) is 6.66. The predicted molar refractivity (Wildman–Crippen MR) is 95.1 cm³/mol. The first kappa shape index (κ1) is 17.6. The molecule has 6 nitrogen and oxygen atoms in total. The van der Waals surface area contributed by atoms with Crippen LogP contribution in [0.25, 0.3) is 0 Å². The van der Waals surface area contributed by atoms with Crippen molar-refractivity contribution >= 4 is 5.91 Å². The van der Waals surface area contributed by atoms with Crippen molar-refractivity contribution in [2.24, 2.45) is 0 Å². The van der Waals surface area contributed by atoms with E-state index in [1.165, 1.54) is 0 Å². The second kappa shape index (κ2) is 7.78. The topological polar surface area (TPSA) is 62.5 Å². The van der Waals surface area contributed by atoms with E-state index in [1.54, 1.807) is 6.92 Å². The van der Waals surface area contributed by atoms with Crippen molar-refractivity contribution < 1.29 is 9.32 Å². The second-order valence-electron chi connectivity index (χ2n) is 6.66. The van der Waals surface area contributed by atoms with Crippen molar-refractivity contribution in [2.75, 3.05) is 26.7 Å². The van der Waals surface area contributed by atoms with Crippen LogP contribution in [-0.4, -0.2) is 52.5 Å². The lowest BCUT2D eigenvalue weighted by Gasteiger charge is -2.36. The van der Waals surface area contributed by atoms with E-state index in [1.807, 2.05) is 42.3 Å². The van der Waals surface area contributed by atoms with Gasteiger partial charge in [-0.25, -0.2) is 0 Å². The Balaban J connectivity index is 1.69. The molecule has 1 aromatic heterocycles. The van der Waals surface area contributed by atoms with Gasteiger partial charge in [0.1, 0.15) is 6.04 Å². The third-order valence-electron chi connectivity index (χ3n) is 5.00. The zero-order valence-corrected chi connectivity index (χ0v) is 15.2. The summed E-state index contributed by atoms with van der Waals surface area (Å²) >= 11 is 0. The van der Waals surface area contributed by atoms with Crippen molar-refractivity contribution in [3.05, 3.63) is 47.6 Å². The summed E-state index contributed by atoms with van der Waals surface area (Å²) in [6.07, 6.45) is 1.75. The molecule has 0 saturated carbocycles. The standard InChI is InChI=1S/C19H26N4O2/c1-4-22(3)17(15-8-6-5-7-9-15)19(24)23-12-10-16(11-13-23)18-20-14(2)25-21-18/h5-9,16-17H,4,10-13H2,1-3H3/t17-/m0/s1. The Hall–Kier alpha value is -2.21. The van der Waals surface area contributed by atoms with E-state index in [0.717, 1.165) is 43.9 Å². The van der Waals surface area contributed by atoms with Crippen molar-refractivity contribution in [3.8, 4) is 0 Å². The minimum atomic E-state index is -0.227. The van der Waals surface area contributed by atoms with Crippen LogP contribution in [0.5, 0.6) is 0 Å². The first-order chi connectivity index (χ1) is 12.1. The van der Waals surface area contributed by atoms with Gasteiger partial charge >= 0.3 is 0 Å². The minimum absolute atomic E-state index is 0.179. The zero-order valence-electron chi connectivity index (χ0n) is 15.2. The Kier molecular flexibility index (Phi) is 5.48. The average Bonchev–Trinajstić information content (AvgIpc) is 3.09. The fourth-order valence-corrected chi connectivity index (χ4v) is 3.42. The van der Waals surface area contributed by atoms with Gasteiger partial charge in [-0.1, -0.05) is 42.4 Å². The molecule has 1 aliphatic heterocycles. The minimum Gasteiger partial charge on any atom is -0.341 e. The van der Waals surface area contributed by atoms with Gasteiger partial charge in [0.2, 0.25) is 11.8 Å². The summed E-state index contributed by atoms with van der Waals surface area (Å²) in [5.41, 5.74) is 1.05. The van der Waals surface area contributed by atoms with Gasteiger partial charge in [-0.15, -0.1) is 0 Å². The van der Waals surface area contributed by atoms with E-state index in [0.29, 0.717) is 5.89 Å². The SMILES string of the molecule is CCN(C)[C@H](C(=O)N1CCC(c2noc(C)n2)CC1)c1ccccc1. The first-order valence-corrected chi connectivity index (χ1v) is 8.94. The quantitative estimate of drug-likeness (QED) is 0.836. The van der Waals surface area contributed by atoms with Crippen LogP contribution in [0.2, 0.25) is 0 Å². The van der Waals surface area contributed by atoms with E-state index < -0.39 is 0 Å². The molecule has 0 aliphatic carbocycles. The molecular weight excluding hydrogens is 316 g/mol. The number of likely N-dealkylation sites (N-methyl/N-ethyl adjacent to an activating group) is 1. The monoisotopic (exact) mass is 342 g/mol. The van der Waals surface area contributed by atoms with Crippen LogP contribution in [0.4, 0.5) is 0 Å². The van der Waals surface area contributed by atoms with Crippen LogP contribution in [0, 0.1) is 6.92 Å². The maximum absolute atomic E-state index is 13.2. The molecular formula is C19H26N4O2. The van der Waals surface area contributed by atoms with Gasteiger partial charge in [-0.05, 0) is 32.0 Å². The maximum Gasteiger partial charge on any atom is 0.244 e. The molecule has 0 radical (unpaired) electrons. The summed E-state index contributed by atoms with van der Waals surface area (Å²) in [6.45, 7) is 6.17. The summed E-state index contributed by atoms with van der Waals surface area (Å²) in [6, 6.07) is 9.80. The lowest BCUT2D eigenvalue weighted by atomic mass is 9.95. The number of rotatable bonds is 5. The predicted octanol–water partition coefficient (Wildman–Crippen LogP) is 2.78. The molecule has 0 unspecified atom stereocenters. The molecule has 2 aromatic rings. The molecule has 1 saturated heterocycles. The Morgan fingerprint density at radius 2 is 2.00 bits per heavy atom. The fourth-order valence-electron chi connectivity index (χ4n) is 3.42. The molecule has 0 spiro atoms. The van der Waals surface area contributed by atoms with Gasteiger partial charge in [-0.2, -0.15) is 4.98 Å². The Bertz CT molecular complexity index is 692.